The molecule has 2 aromatic rings. The summed E-state index contributed by atoms with van der Waals surface area (Å²) >= 11 is 6.68. The van der Waals surface area contributed by atoms with E-state index in [9.17, 15) is 12.8 Å². The molecule has 2 rings (SSSR count). The molecule has 0 saturated heterocycles. The summed E-state index contributed by atoms with van der Waals surface area (Å²) in [7, 11) is -3.80. The fourth-order valence-corrected chi connectivity index (χ4v) is 3.64. The predicted molar refractivity (Wildman–Crippen MR) is 92.3 cm³/mol. The van der Waals surface area contributed by atoms with Crippen LogP contribution in [0.3, 0.4) is 0 Å². The number of anilines is 1. The Morgan fingerprint density at radius 2 is 1.95 bits per heavy atom. The Morgan fingerprint density at radius 3 is 2.57 bits per heavy atom. The van der Waals surface area contributed by atoms with Crippen LogP contribution in [-0.4, -0.2) is 13.4 Å². The summed E-state index contributed by atoms with van der Waals surface area (Å²) in [6, 6.07) is 9.80. The Hall–Kier alpha value is -1.26. The zero-order valence-electron chi connectivity index (χ0n) is 10.5. The lowest BCUT2D eigenvalue weighted by Crippen LogP contribution is -2.16. The molecular weight excluding hydrogens is 426 g/mol. The summed E-state index contributed by atoms with van der Waals surface area (Å²) in [5, 5.41) is 0. The molecule has 21 heavy (non-hydrogen) atoms. The minimum atomic E-state index is -3.80. The number of thiocarbonyl (C=S) groups is 1. The molecule has 0 aliphatic rings. The van der Waals surface area contributed by atoms with E-state index in [0.717, 1.165) is 0 Å². The maximum absolute atomic E-state index is 13.0. The summed E-state index contributed by atoms with van der Waals surface area (Å²) in [6.45, 7) is 0. The van der Waals surface area contributed by atoms with E-state index in [-0.39, 0.29) is 9.88 Å². The second-order valence-corrected chi connectivity index (χ2v) is 7.41. The highest BCUT2D eigenvalue weighted by Crippen LogP contribution is 2.23. The van der Waals surface area contributed by atoms with Gasteiger partial charge in [0.25, 0.3) is 10.0 Å². The molecule has 0 amide bonds. The third kappa shape index (κ3) is 3.89. The molecule has 0 heterocycles. The Morgan fingerprint density at radius 1 is 1.24 bits per heavy atom. The number of halogens is 2. The third-order valence-electron chi connectivity index (χ3n) is 2.60. The van der Waals surface area contributed by atoms with Crippen molar-refractivity contribution in [2.75, 3.05) is 4.72 Å². The fourth-order valence-electron chi connectivity index (χ4n) is 1.59. The van der Waals surface area contributed by atoms with Crippen LogP contribution in [0.15, 0.2) is 47.4 Å². The molecule has 0 aliphatic heterocycles. The lowest BCUT2D eigenvalue weighted by molar-refractivity contribution is 0.601. The van der Waals surface area contributed by atoms with Crippen LogP contribution in [0.2, 0.25) is 0 Å². The average Bonchev–Trinajstić information content (AvgIpc) is 2.42. The normalized spacial score (nSPS) is 11.1. The standard InChI is InChI=1S/C13H10FIN2O2S2/c14-9-4-5-12(11(15)7-9)17-21(18,19)10-3-1-2-8(6-10)13(16)20/h1-7,17H,(H2,16,20). The van der Waals surface area contributed by atoms with Crippen LogP contribution in [0, 0.1) is 9.39 Å². The highest BCUT2D eigenvalue weighted by molar-refractivity contribution is 14.1. The first-order valence-corrected chi connectivity index (χ1v) is 8.64. The maximum Gasteiger partial charge on any atom is 0.261 e. The molecule has 0 bridgehead atoms. The fraction of sp³-hybridized carbons (Fsp3) is 0. The van der Waals surface area contributed by atoms with Gasteiger partial charge in [0.1, 0.15) is 10.8 Å². The first-order chi connectivity index (χ1) is 9.79. The van der Waals surface area contributed by atoms with Crippen molar-refractivity contribution in [1.29, 1.82) is 0 Å². The molecule has 110 valence electrons. The number of nitrogens with one attached hydrogen (secondary N) is 1. The van der Waals surface area contributed by atoms with Crippen molar-refractivity contribution in [3.05, 3.63) is 57.4 Å². The van der Waals surface area contributed by atoms with Gasteiger partial charge in [-0.25, -0.2) is 12.8 Å². The average molecular weight is 436 g/mol. The van der Waals surface area contributed by atoms with Crippen LogP contribution in [0.4, 0.5) is 10.1 Å². The SMILES string of the molecule is NC(=S)c1cccc(S(=O)(=O)Nc2ccc(F)cc2I)c1. The second-order valence-electron chi connectivity index (χ2n) is 4.12. The topological polar surface area (TPSA) is 72.2 Å². The summed E-state index contributed by atoms with van der Waals surface area (Å²) in [6.07, 6.45) is 0. The molecule has 0 aromatic heterocycles. The molecule has 0 unspecified atom stereocenters. The number of hydrogen-bond acceptors (Lipinski definition) is 3. The predicted octanol–water partition coefficient (Wildman–Crippen LogP) is 2.87. The van der Waals surface area contributed by atoms with Gasteiger partial charge in [0, 0.05) is 9.13 Å². The molecule has 0 fully saturated rings. The Labute approximate surface area is 140 Å². The van der Waals surface area contributed by atoms with E-state index in [1.165, 1.54) is 30.3 Å². The summed E-state index contributed by atoms with van der Waals surface area (Å²) in [4.78, 5) is 0.149. The van der Waals surface area contributed by atoms with E-state index < -0.39 is 15.8 Å². The van der Waals surface area contributed by atoms with Gasteiger partial charge in [-0.05, 0) is 52.9 Å². The van der Waals surface area contributed by atoms with Crippen LogP contribution in [0.25, 0.3) is 0 Å². The van der Waals surface area contributed by atoms with Crippen LogP contribution in [0.5, 0.6) is 0 Å². The minimum Gasteiger partial charge on any atom is -0.389 e. The van der Waals surface area contributed by atoms with E-state index in [2.05, 4.69) is 4.72 Å². The lowest BCUT2D eigenvalue weighted by atomic mass is 10.2. The third-order valence-corrected chi connectivity index (χ3v) is 5.10. The number of sulfonamides is 1. The highest BCUT2D eigenvalue weighted by Gasteiger charge is 2.16. The first kappa shape index (κ1) is 16.1. The molecule has 3 N–H and O–H groups in total. The minimum absolute atomic E-state index is 0.0351. The molecule has 0 aliphatic carbocycles. The van der Waals surface area contributed by atoms with Gasteiger partial charge in [0.2, 0.25) is 0 Å². The molecular formula is C13H10FIN2O2S2. The first-order valence-electron chi connectivity index (χ1n) is 5.67. The maximum atomic E-state index is 13.0. The zero-order valence-corrected chi connectivity index (χ0v) is 14.3. The van der Waals surface area contributed by atoms with E-state index >= 15 is 0 Å². The van der Waals surface area contributed by atoms with Crippen LogP contribution in [-0.2, 0) is 10.0 Å². The van der Waals surface area contributed by atoms with Gasteiger partial charge >= 0.3 is 0 Å². The van der Waals surface area contributed by atoms with E-state index in [4.69, 9.17) is 18.0 Å². The summed E-state index contributed by atoms with van der Waals surface area (Å²) in [5.74, 6) is -0.433. The quantitative estimate of drug-likeness (QED) is 0.571. The summed E-state index contributed by atoms with van der Waals surface area (Å²) < 4.78 is 40.5. The van der Waals surface area contributed by atoms with Crippen molar-refractivity contribution in [2.24, 2.45) is 5.73 Å². The number of hydrogen-bond donors (Lipinski definition) is 2. The molecule has 0 radical (unpaired) electrons. The van der Waals surface area contributed by atoms with Crippen LogP contribution >= 0.6 is 34.8 Å². The van der Waals surface area contributed by atoms with Gasteiger partial charge in [-0.3, -0.25) is 4.72 Å². The van der Waals surface area contributed by atoms with E-state index in [0.29, 0.717) is 14.8 Å². The Kier molecular flexibility index (Phi) is 4.79. The number of nitrogens with two attached hydrogens (primary N) is 1. The number of rotatable bonds is 4. The van der Waals surface area contributed by atoms with Gasteiger partial charge in [-0.1, -0.05) is 24.4 Å². The van der Waals surface area contributed by atoms with Gasteiger partial charge in [0.05, 0.1) is 10.6 Å². The lowest BCUT2D eigenvalue weighted by Gasteiger charge is -2.10. The largest absolute Gasteiger partial charge is 0.389 e. The van der Waals surface area contributed by atoms with Crippen molar-refractivity contribution in [3.8, 4) is 0 Å². The van der Waals surface area contributed by atoms with Crippen molar-refractivity contribution < 1.29 is 12.8 Å². The van der Waals surface area contributed by atoms with Crippen molar-refractivity contribution >= 4 is 55.5 Å². The highest BCUT2D eigenvalue weighted by atomic mass is 127. The van der Waals surface area contributed by atoms with Gasteiger partial charge in [0.15, 0.2) is 0 Å². The van der Waals surface area contributed by atoms with E-state index in [1.807, 2.05) is 22.6 Å². The Bertz CT molecular complexity index is 810. The van der Waals surface area contributed by atoms with Crippen LogP contribution < -0.4 is 10.5 Å². The zero-order chi connectivity index (χ0) is 15.6. The smallest absolute Gasteiger partial charge is 0.261 e. The van der Waals surface area contributed by atoms with E-state index in [1.54, 1.807) is 12.1 Å². The molecule has 0 atom stereocenters. The van der Waals surface area contributed by atoms with Crippen molar-refractivity contribution in [2.45, 2.75) is 4.90 Å². The number of benzene rings is 2. The summed E-state index contributed by atoms with van der Waals surface area (Å²) in [5.41, 5.74) is 6.26. The van der Waals surface area contributed by atoms with Crippen molar-refractivity contribution in [3.63, 3.8) is 0 Å². The molecule has 0 saturated carbocycles. The van der Waals surface area contributed by atoms with Crippen molar-refractivity contribution in [1.82, 2.24) is 0 Å². The Balaban J connectivity index is 2.38. The molecule has 2 aromatic carbocycles. The molecule has 8 heteroatoms. The van der Waals surface area contributed by atoms with Gasteiger partial charge in [-0.15, -0.1) is 0 Å². The second kappa shape index (κ2) is 6.24. The molecule has 4 nitrogen and oxygen atoms in total. The molecule has 0 spiro atoms. The van der Waals surface area contributed by atoms with Gasteiger partial charge < -0.3 is 5.73 Å². The van der Waals surface area contributed by atoms with Crippen LogP contribution in [0.1, 0.15) is 5.56 Å². The van der Waals surface area contributed by atoms with Gasteiger partial charge in [-0.2, -0.15) is 0 Å². The monoisotopic (exact) mass is 436 g/mol.